The first-order chi connectivity index (χ1) is 9.47. The molecular formula is C14H15N2O3S-. The molecule has 0 fully saturated rings. The van der Waals surface area contributed by atoms with E-state index in [1.807, 2.05) is 6.92 Å². The van der Waals surface area contributed by atoms with Gasteiger partial charge in [0.15, 0.2) is 0 Å². The van der Waals surface area contributed by atoms with Crippen LogP contribution in [-0.4, -0.2) is 22.9 Å². The van der Waals surface area contributed by atoms with Gasteiger partial charge in [-0.25, -0.2) is 18.4 Å². The Morgan fingerprint density at radius 3 is 2.50 bits per heavy atom. The molecule has 1 aromatic heterocycles. The quantitative estimate of drug-likeness (QED) is 0.785. The fourth-order valence-electron chi connectivity index (χ4n) is 2.09. The summed E-state index contributed by atoms with van der Waals surface area (Å²) in [5.41, 5.74) is 2.51. The van der Waals surface area contributed by atoms with Crippen molar-refractivity contribution in [2.24, 2.45) is 0 Å². The van der Waals surface area contributed by atoms with Crippen LogP contribution in [0.25, 0.3) is 0 Å². The van der Waals surface area contributed by atoms with Gasteiger partial charge in [-0.05, 0) is 43.4 Å². The molecule has 0 atom stereocenters. The van der Waals surface area contributed by atoms with E-state index in [2.05, 4.69) is 9.97 Å². The molecule has 0 radical (unpaired) electrons. The predicted molar refractivity (Wildman–Crippen MR) is 73.2 cm³/mol. The minimum absolute atomic E-state index is 0.118. The van der Waals surface area contributed by atoms with E-state index in [9.17, 15) is 13.0 Å². The molecule has 0 amide bonds. The lowest BCUT2D eigenvalue weighted by Gasteiger charge is -2.13. The van der Waals surface area contributed by atoms with Crippen LogP contribution in [0.2, 0.25) is 0 Å². The molecule has 0 spiro atoms. The summed E-state index contributed by atoms with van der Waals surface area (Å²) in [5.74, 6) is 0. The van der Waals surface area contributed by atoms with Crippen LogP contribution in [0.15, 0.2) is 41.8 Å². The van der Waals surface area contributed by atoms with E-state index in [4.69, 9.17) is 0 Å². The van der Waals surface area contributed by atoms with Crippen LogP contribution in [-0.2, 0) is 23.0 Å². The summed E-state index contributed by atoms with van der Waals surface area (Å²) >= 11 is 0. The maximum Gasteiger partial charge on any atom is 0.124 e. The largest absolute Gasteiger partial charge is 0.744 e. The molecule has 106 valence electrons. The first-order valence-corrected chi connectivity index (χ1v) is 7.67. The van der Waals surface area contributed by atoms with Gasteiger partial charge in [0, 0.05) is 12.4 Å². The fourth-order valence-corrected chi connectivity index (χ4v) is 2.81. The summed E-state index contributed by atoms with van der Waals surface area (Å²) in [6.07, 6.45) is 6.94. The van der Waals surface area contributed by atoms with E-state index in [1.165, 1.54) is 12.4 Å². The van der Waals surface area contributed by atoms with Gasteiger partial charge in [-0.1, -0.05) is 17.7 Å². The van der Waals surface area contributed by atoms with Gasteiger partial charge in [-0.15, -0.1) is 0 Å². The molecule has 0 N–H and O–H groups in total. The Bertz CT molecular complexity index is 685. The molecule has 0 bridgehead atoms. The second kappa shape index (κ2) is 6.11. The van der Waals surface area contributed by atoms with Gasteiger partial charge in [0.05, 0.1) is 4.90 Å². The van der Waals surface area contributed by atoms with Crippen LogP contribution in [0.4, 0.5) is 0 Å². The van der Waals surface area contributed by atoms with Crippen molar-refractivity contribution in [3.8, 4) is 0 Å². The summed E-state index contributed by atoms with van der Waals surface area (Å²) in [4.78, 5) is 7.73. The van der Waals surface area contributed by atoms with Crippen molar-refractivity contribution in [3.63, 3.8) is 0 Å². The highest BCUT2D eigenvalue weighted by Gasteiger charge is 2.09. The lowest BCUT2D eigenvalue weighted by atomic mass is 10.0. The van der Waals surface area contributed by atoms with Gasteiger partial charge in [0.1, 0.15) is 16.4 Å². The van der Waals surface area contributed by atoms with Crippen LogP contribution in [0.5, 0.6) is 0 Å². The normalized spacial score (nSPS) is 11.5. The average Bonchev–Trinajstić information content (AvgIpc) is 2.38. The molecule has 2 rings (SSSR count). The second-order valence-corrected chi connectivity index (χ2v) is 6.01. The third-order valence-corrected chi connectivity index (χ3v) is 3.95. The summed E-state index contributed by atoms with van der Waals surface area (Å²) in [6, 6.07) is 4.78. The minimum Gasteiger partial charge on any atom is -0.744 e. The Balaban J connectivity index is 2.11. The molecule has 0 saturated carbocycles. The SMILES string of the molecule is Cc1ccc(S(=O)(=O)[O-])c(CCCc2cncnc2)c1. The molecule has 0 saturated heterocycles. The average molecular weight is 291 g/mol. The molecule has 1 heterocycles. The predicted octanol–water partition coefficient (Wildman–Crippen LogP) is 1.86. The van der Waals surface area contributed by atoms with Gasteiger partial charge in [0.25, 0.3) is 0 Å². The summed E-state index contributed by atoms with van der Waals surface area (Å²) < 4.78 is 33.7. The lowest BCUT2D eigenvalue weighted by Crippen LogP contribution is -2.04. The Labute approximate surface area is 118 Å². The smallest absolute Gasteiger partial charge is 0.124 e. The zero-order chi connectivity index (χ0) is 14.6. The molecule has 0 aliphatic rings. The van der Waals surface area contributed by atoms with E-state index < -0.39 is 10.1 Å². The molecule has 6 heteroatoms. The van der Waals surface area contributed by atoms with E-state index in [-0.39, 0.29) is 4.90 Å². The van der Waals surface area contributed by atoms with Crippen molar-refractivity contribution >= 4 is 10.1 Å². The van der Waals surface area contributed by atoms with E-state index in [1.54, 1.807) is 24.5 Å². The summed E-state index contributed by atoms with van der Waals surface area (Å²) in [7, 11) is -4.42. The van der Waals surface area contributed by atoms with E-state index >= 15 is 0 Å². The topological polar surface area (TPSA) is 83.0 Å². The second-order valence-electron chi connectivity index (χ2n) is 4.67. The molecule has 20 heavy (non-hydrogen) atoms. The number of benzene rings is 1. The third kappa shape index (κ3) is 3.85. The molecule has 5 nitrogen and oxygen atoms in total. The molecule has 2 aromatic rings. The number of aromatic nitrogens is 2. The third-order valence-electron chi connectivity index (χ3n) is 3.01. The molecule has 0 unspecified atom stereocenters. The molecule has 1 aromatic carbocycles. The maximum atomic E-state index is 11.2. The molecule has 0 aliphatic heterocycles. The van der Waals surface area contributed by atoms with Crippen LogP contribution >= 0.6 is 0 Å². The van der Waals surface area contributed by atoms with Crippen molar-refractivity contribution in [3.05, 3.63) is 53.6 Å². The van der Waals surface area contributed by atoms with Gasteiger partial charge < -0.3 is 4.55 Å². The zero-order valence-corrected chi connectivity index (χ0v) is 11.9. The zero-order valence-electron chi connectivity index (χ0n) is 11.1. The van der Waals surface area contributed by atoms with Crippen molar-refractivity contribution < 1.29 is 13.0 Å². The maximum absolute atomic E-state index is 11.2. The monoisotopic (exact) mass is 291 g/mol. The fraction of sp³-hybridized carbons (Fsp3) is 0.286. The Morgan fingerprint density at radius 1 is 1.15 bits per heavy atom. The van der Waals surface area contributed by atoms with Crippen LogP contribution in [0.3, 0.4) is 0 Å². The number of hydrogen-bond acceptors (Lipinski definition) is 5. The Morgan fingerprint density at radius 2 is 1.85 bits per heavy atom. The number of nitrogens with zero attached hydrogens (tertiary/aromatic N) is 2. The van der Waals surface area contributed by atoms with Crippen LogP contribution in [0, 0.1) is 6.92 Å². The number of aryl methyl sites for hydroxylation is 3. The number of rotatable bonds is 5. The minimum atomic E-state index is -4.42. The number of hydrogen-bond donors (Lipinski definition) is 0. The van der Waals surface area contributed by atoms with Gasteiger partial charge >= 0.3 is 0 Å². The van der Waals surface area contributed by atoms with Crippen molar-refractivity contribution in [2.45, 2.75) is 31.1 Å². The molecular weight excluding hydrogens is 276 g/mol. The first-order valence-electron chi connectivity index (χ1n) is 6.26. The van der Waals surface area contributed by atoms with Crippen molar-refractivity contribution in [2.75, 3.05) is 0 Å². The van der Waals surface area contributed by atoms with Gasteiger partial charge in [-0.2, -0.15) is 0 Å². The van der Waals surface area contributed by atoms with Crippen LogP contribution < -0.4 is 0 Å². The van der Waals surface area contributed by atoms with Crippen LogP contribution in [0.1, 0.15) is 23.1 Å². The summed E-state index contributed by atoms with van der Waals surface area (Å²) in [5, 5.41) is 0. The van der Waals surface area contributed by atoms with Gasteiger partial charge in [-0.3, -0.25) is 0 Å². The highest BCUT2D eigenvalue weighted by atomic mass is 32.2. The van der Waals surface area contributed by atoms with Crippen molar-refractivity contribution in [1.82, 2.24) is 9.97 Å². The highest BCUT2D eigenvalue weighted by molar-refractivity contribution is 7.85. The van der Waals surface area contributed by atoms with E-state index in [0.29, 0.717) is 12.0 Å². The Kier molecular flexibility index (Phi) is 4.46. The van der Waals surface area contributed by atoms with Crippen molar-refractivity contribution in [1.29, 1.82) is 0 Å². The first kappa shape index (κ1) is 14.6. The summed E-state index contributed by atoms with van der Waals surface area (Å²) in [6.45, 7) is 1.87. The lowest BCUT2D eigenvalue weighted by molar-refractivity contribution is 0.462. The molecule has 0 aliphatic carbocycles. The van der Waals surface area contributed by atoms with E-state index in [0.717, 1.165) is 24.0 Å². The highest BCUT2D eigenvalue weighted by Crippen LogP contribution is 2.19. The standard InChI is InChI=1S/C14H16N2O3S/c1-11-5-6-14(20(17,18)19)13(7-11)4-2-3-12-8-15-10-16-9-12/h5-10H,2-4H2,1H3,(H,17,18,19)/p-1. The van der Waals surface area contributed by atoms with Gasteiger partial charge in [0.2, 0.25) is 0 Å². The Hall–Kier alpha value is -1.79.